The molecule has 0 aliphatic carbocycles. The minimum absolute atomic E-state index is 0.203. The van der Waals surface area contributed by atoms with Crippen LogP contribution in [0.5, 0.6) is 0 Å². The van der Waals surface area contributed by atoms with Crippen LogP contribution >= 0.6 is 11.6 Å². The number of carbonyl (C=O) groups excluding carboxylic acids is 2. The Hall–Kier alpha value is -3.32. The SMILES string of the molecule is O=C(c1ccc(F)nc1)N1CCN2C(=O)c3ccc(F)cc3CC12c1ccc(Cl)cc1. The fraction of sp³-hybridized carbons (Fsp3) is 0.174. The lowest BCUT2D eigenvalue weighted by Gasteiger charge is -2.47. The first-order valence-corrected chi connectivity index (χ1v) is 10.1. The molecule has 3 aromatic rings. The van der Waals surface area contributed by atoms with Gasteiger partial charge in [0, 0.05) is 36.3 Å². The van der Waals surface area contributed by atoms with Crippen molar-refractivity contribution in [3.63, 3.8) is 0 Å². The highest BCUT2D eigenvalue weighted by molar-refractivity contribution is 6.30. The zero-order valence-electron chi connectivity index (χ0n) is 16.2. The van der Waals surface area contributed by atoms with Gasteiger partial charge in [-0.3, -0.25) is 9.59 Å². The summed E-state index contributed by atoms with van der Waals surface area (Å²) in [5.41, 5.74) is 0.667. The molecule has 5 nitrogen and oxygen atoms in total. The molecular formula is C23H16ClF2N3O2. The normalized spacial score (nSPS) is 19.9. The molecule has 2 aliphatic heterocycles. The Morgan fingerprint density at radius 3 is 2.52 bits per heavy atom. The quantitative estimate of drug-likeness (QED) is 0.567. The van der Waals surface area contributed by atoms with Gasteiger partial charge < -0.3 is 9.80 Å². The number of rotatable bonds is 2. The van der Waals surface area contributed by atoms with Gasteiger partial charge in [-0.2, -0.15) is 4.39 Å². The Labute approximate surface area is 181 Å². The summed E-state index contributed by atoms with van der Waals surface area (Å²) in [6, 6.07) is 13.5. The Balaban J connectivity index is 1.69. The van der Waals surface area contributed by atoms with Gasteiger partial charge in [0.05, 0.1) is 5.56 Å². The number of fused-ring (bicyclic) bond motifs is 2. The van der Waals surface area contributed by atoms with Crippen molar-refractivity contribution in [2.75, 3.05) is 13.1 Å². The topological polar surface area (TPSA) is 53.5 Å². The Bertz CT molecular complexity index is 1200. The second-order valence-electron chi connectivity index (χ2n) is 7.58. The van der Waals surface area contributed by atoms with Crippen LogP contribution in [-0.2, 0) is 12.1 Å². The number of pyridine rings is 1. The minimum Gasteiger partial charge on any atom is -0.309 e. The molecule has 1 unspecified atom stereocenters. The van der Waals surface area contributed by atoms with E-state index in [4.69, 9.17) is 11.6 Å². The molecule has 2 aromatic carbocycles. The number of benzene rings is 2. The summed E-state index contributed by atoms with van der Waals surface area (Å²) in [6.45, 7) is 0.569. The molecular weight excluding hydrogens is 424 g/mol. The van der Waals surface area contributed by atoms with Crippen molar-refractivity contribution in [1.82, 2.24) is 14.8 Å². The van der Waals surface area contributed by atoms with Crippen LogP contribution < -0.4 is 0 Å². The number of amides is 2. The second kappa shape index (κ2) is 7.13. The average Bonchev–Trinajstić information content (AvgIpc) is 3.14. The van der Waals surface area contributed by atoms with Crippen molar-refractivity contribution >= 4 is 23.4 Å². The highest BCUT2D eigenvalue weighted by Crippen LogP contribution is 2.45. The van der Waals surface area contributed by atoms with Gasteiger partial charge in [0.2, 0.25) is 5.95 Å². The number of halogens is 3. The molecule has 0 bridgehead atoms. The Morgan fingerprint density at radius 2 is 1.81 bits per heavy atom. The van der Waals surface area contributed by atoms with Gasteiger partial charge in [-0.05, 0) is 53.6 Å². The third-order valence-corrected chi connectivity index (χ3v) is 6.20. The van der Waals surface area contributed by atoms with Crippen LogP contribution in [-0.4, -0.2) is 39.7 Å². The molecule has 2 aliphatic rings. The summed E-state index contributed by atoms with van der Waals surface area (Å²) in [7, 11) is 0. The summed E-state index contributed by atoms with van der Waals surface area (Å²) < 4.78 is 27.3. The van der Waals surface area contributed by atoms with E-state index in [1.807, 2.05) is 0 Å². The van der Waals surface area contributed by atoms with Crippen LogP contribution in [0.1, 0.15) is 31.8 Å². The maximum Gasteiger partial charge on any atom is 0.257 e. The largest absolute Gasteiger partial charge is 0.309 e. The van der Waals surface area contributed by atoms with Crippen LogP contribution in [0, 0.1) is 11.8 Å². The minimum atomic E-state index is -1.16. The summed E-state index contributed by atoms with van der Waals surface area (Å²) in [5.74, 6) is -1.81. The fourth-order valence-electron chi connectivity index (χ4n) is 4.56. The Morgan fingerprint density at radius 1 is 1.03 bits per heavy atom. The van der Waals surface area contributed by atoms with Gasteiger partial charge in [-0.15, -0.1) is 0 Å². The van der Waals surface area contributed by atoms with E-state index in [-0.39, 0.29) is 24.4 Å². The standard InChI is InChI=1S/C23H16ClF2N3O2/c24-17-4-2-16(3-5-17)23-12-15-11-18(25)6-7-19(15)22(31)29(23)10-9-28(23)21(30)14-1-8-20(26)27-13-14/h1-8,11,13H,9-10,12H2. The van der Waals surface area contributed by atoms with Crippen LogP contribution in [0.2, 0.25) is 5.02 Å². The van der Waals surface area contributed by atoms with E-state index in [9.17, 15) is 18.4 Å². The monoisotopic (exact) mass is 439 g/mol. The zero-order valence-corrected chi connectivity index (χ0v) is 16.9. The van der Waals surface area contributed by atoms with E-state index < -0.39 is 23.3 Å². The molecule has 5 rings (SSSR count). The molecule has 0 spiro atoms. The highest BCUT2D eigenvalue weighted by atomic mass is 35.5. The zero-order chi connectivity index (χ0) is 21.8. The molecule has 8 heteroatoms. The lowest BCUT2D eigenvalue weighted by Crippen LogP contribution is -2.58. The summed E-state index contributed by atoms with van der Waals surface area (Å²) in [4.78, 5) is 33.7. The summed E-state index contributed by atoms with van der Waals surface area (Å²) in [6.07, 6.45) is 1.39. The molecule has 0 N–H and O–H groups in total. The fourth-order valence-corrected chi connectivity index (χ4v) is 4.69. The third-order valence-electron chi connectivity index (χ3n) is 5.95. The van der Waals surface area contributed by atoms with Gasteiger partial charge >= 0.3 is 0 Å². The molecule has 31 heavy (non-hydrogen) atoms. The van der Waals surface area contributed by atoms with Crippen LogP contribution in [0.15, 0.2) is 60.8 Å². The average molecular weight is 440 g/mol. The van der Waals surface area contributed by atoms with Crippen molar-refractivity contribution in [3.05, 3.63) is 99.8 Å². The predicted molar refractivity (Wildman–Crippen MR) is 110 cm³/mol. The smallest absolute Gasteiger partial charge is 0.257 e. The molecule has 0 radical (unpaired) electrons. The summed E-state index contributed by atoms with van der Waals surface area (Å²) in [5, 5.41) is 0.513. The van der Waals surface area contributed by atoms with Crippen LogP contribution in [0.3, 0.4) is 0 Å². The van der Waals surface area contributed by atoms with Crippen LogP contribution in [0.25, 0.3) is 0 Å². The molecule has 2 amide bonds. The van der Waals surface area contributed by atoms with E-state index in [1.165, 1.54) is 30.5 Å². The molecule has 1 saturated heterocycles. The van der Waals surface area contributed by atoms with Gasteiger partial charge in [0.15, 0.2) is 0 Å². The van der Waals surface area contributed by atoms with Gasteiger partial charge in [-0.25, -0.2) is 9.37 Å². The van der Waals surface area contributed by atoms with E-state index in [0.717, 1.165) is 6.07 Å². The van der Waals surface area contributed by atoms with Crippen molar-refractivity contribution < 1.29 is 18.4 Å². The lowest BCUT2D eigenvalue weighted by atomic mass is 9.83. The number of carbonyl (C=O) groups is 2. The maximum atomic E-state index is 14.0. The molecule has 3 heterocycles. The van der Waals surface area contributed by atoms with E-state index in [0.29, 0.717) is 28.3 Å². The third kappa shape index (κ3) is 2.99. The lowest BCUT2D eigenvalue weighted by molar-refractivity contribution is 0.00766. The first-order valence-electron chi connectivity index (χ1n) is 9.70. The van der Waals surface area contributed by atoms with E-state index in [1.54, 1.807) is 34.1 Å². The maximum absolute atomic E-state index is 14.0. The number of nitrogens with zero attached hydrogens (tertiary/aromatic N) is 3. The van der Waals surface area contributed by atoms with Gasteiger partial charge in [-0.1, -0.05) is 23.7 Å². The van der Waals surface area contributed by atoms with E-state index >= 15 is 0 Å². The number of aromatic nitrogens is 1. The van der Waals surface area contributed by atoms with Gasteiger partial charge in [0.25, 0.3) is 11.8 Å². The van der Waals surface area contributed by atoms with Crippen molar-refractivity contribution in [2.45, 2.75) is 12.1 Å². The van der Waals surface area contributed by atoms with Crippen LogP contribution in [0.4, 0.5) is 8.78 Å². The second-order valence-corrected chi connectivity index (χ2v) is 8.02. The Kier molecular flexibility index (Phi) is 4.51. The van der Waals surface area contributed by atoms with Gasteiger partial charge in [0.1, 0.15) is 11.5 Å². The number of hydrogen-bond donors (Lipinski definition) is 0. The molecule has 0 saturated carbocycles. The number of hydrogen-bond acceptors (Lipinski definition) is 3. The van der Waals surface area contributed by atoms with Crippen molar-refractivity contribution in [1.29, 1.82) is 0 Å². The summed E-state index contributed by atoms with van der Waals surface area (Å²) >= 11 is 6.08. The first-order chi connectivity index (χ1) is 14.9. The molecule has 156 valence electrons. The van der Waals surface area contributed by atoms with Crippen molar-refractivity contribution in [2.24, 2.45) is 0 Å². The molecule has 1 aromatic heterocycles. The van der Waals surface area contributed by atoms with Crippen molar-refractivity contribution in [3.8, 4) is 0 Å². The predicted octanol–water partition coefficient (Wildman–Crippen LogP) is 4.02. The molecule has 1 fully saturated rings. The first kappa shape index (κ1) is 19.6. The van der Waals surface area contributed by atoms with E-state index in [2.05, 4.69) is 4.98 Å². The highest BCUT2D eigenvalue weighted by Gasteiger charge is 2.55. The molecule has 1 atom stereocenters.